The standard InChI is InChI=1S/C18H19ClFNO2S/c19-17-7-4-3-6-16(17)18-8-2-1-5-13-21(18)24(22,23)15-11-9-14(20)10-12-15/h3-4,6-7,9-12,18H,1-2,5,8,13H2/t18-/m1/s1. The van der Waals surface area contributed by atoms with Gasteiger partial charge in [0.05, 0.1) is 10.9 Å². The molecule has 1 aliphatic heterocycles. The summed E-state index contributed by atoms with van der Waals surface area (Å²) < 4.78 is 40.9. The van der Waals surface area contributed by atoms with Crippen LogP contribution in [0.2, 0.25) is 5.02 Å². The molecule has 128 valence electrons. The molecular weight excluding hydrogens is 349 g/mol. The second-order valence-corrected chi connectivity index (χ2v) is 8.25. The van der Waals surface area contributed by atoms with Gasteiger partial charge in [0.1, 0.15) is 5.82 Å². The Balaban J connectivity index is 2.04. The molecule has 0 bridgehead atoms. The van der Waals surface area contributed by atoms with E-state index < -0.39 is 15.8 Å². The Labute approximate surface area is 147 Å². The van der Waals surface area contributed by atoms with Crippen LogP contribution in [0.25, 0.3) is 0 Å². The van der Waals surface area contributed by atoms with Gasteiger partial charge in [0.15, 0.2) is 0 Å². The van der Waals surface area contributed by atoms with Crippen LogP contribution in [0.15, 0.2) is 53.4 Å². The molecule has 3 nitrogen and oxygen atoms in total. The van der Waals surface area contributed by atoms with Gasteiger partial charge in [-0.2, -0.15) is 4.31 Å². The highest BCUT2D eigenvalue weighted by Gasteiger charge is 2.34. The first-order valence-electron chi connectivity index (χ1n) is 8.02. The van der Waals surface area contributed by atoms with E-state index in [4.69, 9.17) is 11.6 Å². The van der Waals surface area contributed by atoms with E-state index in [1.54, 1.807) is 6.07 Å². The van der Waals surface area contributed by atoms with Crippen molar-refractivity contribution in [2.75, 3.05) is 6.54 Å². The zero-order valence-electron chi connectivity index (χ0n) is 13.2. The molecule has 1 fully saturated rings. The topological polar surface area (TPSA) is 37.4 Å². The monoisotopic (exact) mass is 367 g/mol. The summed E-state index contributed by atoms with van der Waals surface area (Å²) in [6.45, 7) is 0.440. The van der Waals surface area contributed by atoms with Crippen LogP contribution in [-0.2, 0) is 10.0 Å². The Hall–Kier alpha value is -1.43. The highest BCUT2D eigenvalue weighted by Crippen LogP contribution is 2.37. The Kier molecular flexibility index (Phi) is 5.23. The van der Waals surface area contributed by atoms with Crippen molar-refractivity contribution in [3.63, 3.8) is 0 Å². The molecule has 0 aliphatic carbocycles. The Morgan fingerprint density at radius 2 is 1.71 bits per heavy atom. The third-order valence-corrected chi connectivity index (χ3v) is 6.65. The summed E-state index contributed by atoms with van der Waals surface area (Å²) in [7, 11) is -3.71. The number of halogens is 2. The van der Waals surface area contributed by atoms with Crippen LogP contribution in [0.1, 0.15) is 37.3 Å². The molecule has 1 atom stereocenters. The zero-order valence-corrected chi connectivity index (χ0v) is 14.7. The largest absolute Gasteiger partial charge is 0.243 e. The van der Waals surface area contributed by atoms with Crippen LogP contribution in [0.4, 0.5) is 4.39 Å². The highest BCUT2D eigenvalue weighted by atomic mass is 35.5. The lowest BCUT2D eigenvalue weighted by Crippen LogP contribution is -2.35. The first kappa shape index (κ1) is 17.4. The smallest absolute Gasteiger partial charge is 0.207 e. The van der Waals surface area contributed by atoms with Crippen molar-refractivity contribution in [2.45, 2.75) is 36.6 Å². The minimum absolute atomic E-state index is 0.114. The summed E-state index contributed by atoms with van der Waals surface area (Å²) in [4.78, 5) is 0.114. The molecule has 1 heterocycles. The van der Waals surface area contributed by atoms with Gasteiger partial charge in [-0.05, 0) is 48.7 Å². The Morgan fingerprint density at radius 1 is 1.00 bits per heavy atom. The lowest BCUT2D eigenvalue weighted by molar-refractivity contribution is 0.329. The van der Waals surface area contributed by atoms with E-state index in [-0.39, 0.29) is 10.9 Å². The van der Waals surface area contributed by atoms with E-state index in [2.05, 4.69) is 0 Å². The number of rotatable bonds is 3. The number of sulfonamides is 1. The molecule has 1 saturated heterocycles. The summed E-state index contributed by atoms with van der Waals surface area (Å²) >= 11 is 6.32. The normalized spacial score (nSPS) is 19.8. The van der Waals surface area contributed by atoms with Crippen molar-refractivity contribution in [2.24, 2.45) is 0 Å². The van der Waals surface area contributed by atoms with E-state index in [9.17, 15) is 12.8 Å². The fraction of sp³-hybridized carbons (Fsp3) is 0.333. The van der Waals surface area contributed by atoms with Gasteiger partial charge in [0.2, 0.25) is 10.0 Å². The molecule has 0 unspecified atom stereocenters. The van der Waals surface area contributed by atoms with Crippen molar-refractivity contribution >= 4 is 21.6 Å². The van der Waals surface area contributed by atoms with Crippen LogP contribution < -0.4 is 0 Å². The lowest BCUT2D eigenvalue weighted by Gasteiger charge is -2.30. The van der Waals surface area contributed by atoms with Gasteiger partial charge in [-0.25, -0.2) is 12.8 Å². The fourth-order valence-corrected chi connectivity index (χ4v) is 5.10. The maximum Gasteiger partial charge on any atom is 0.243 e. The highest BCUT2D eigenvalue weighted by molar-refractivity contribution is 7.89. The number of hydrogen-bond acceptors (Lipinski definition) is 2. The SMILES string of the molecule is O=S(=O)(c1ccc(F)cc1)N1CCCCC[C@@H]1c1ccccc1Cl. The van der Waals surface area contributed by atoms with Gasteiger partial charge in [0.25, 0.3) is 0 Å². The average Bonchev–Trinajstić information content (AvgIpc) is 2.82. The van der Waals surface area contributed by atoms with Crippen molar-refractivity contribution in [3.8, 4) is 0 Å². The van der Waals surface area contributed by atoms with Gasteiger partial charge in [-0.3, -0.25) is 0 Å². The third kappa shape index (κ3) is 3.48. The van der Waals surface area contributed by atoms with Crippen LogP contribution in [0.3, 0.4) is 0 Å². The Bertz CT molecular complexity index is 808. The van der Waals surface area contributed by atoms with E-state index in [1.165, 1.54) is 28.6 Å². The van der Waals surface area contributed by atoms with Gasteiger partial charge in [-0.1, -0.05) is 42.6 Å². The van der Waals surface area contributed by atoms with E-state index >= 15 is 0 Å². The van der Waals surface area contributed by atoms with Crippen molar-refractivity contribution in [3.05, 3.63) is 64.9 Å². The van der Waals surface area contributed by atoms with Crippen LogP contribution in [0, 0.1) is 5.82 Å². The van der Waals surface area contributed by atoms with Crippen molar-refractivity contribution < 1.29 is 12.8 Å². The quantitative estimate of drug-likeness (QED) is 0.782. The van der Waals surface area contributed by atoms with Gasteiger partial charge >= 0.3 is 0 Å². The molecule has 3 rings (SSSR count). The molecule has 1 aliphatic rings. The molecule has 2 aromatic carbocycles. The average molecular weight is 368 g/mol. The summed E-state index contributed by atoms with van der Waals surface area (Å²) in [5.41, 5.74) is 0.826. The molecule has 0 saturated carbocycles. The Morgan fingerprint density at radius 3 is 2.42 bits per heavy atom. The predicted molar refractivity (Wildman–Crippen MR) is 93.0 cm³/mol. The van der Waals surface area contributed by atoms with Crippen LogP contribution in [0.5, 0.6) is 0 Å². The maximum absolute atomic E-state index is 13.2. The van der Waals surface area contributed by atoms with Crippen LogP contribution >= 0.6 is 11.6 Å². The summed E-state index contributed by atoms with van der Waals surface area (Å²) in [6.07, 6.45) is 3.47. The second kappa shape index (κ2) is 7.21. The summed E-state index contributed by atoms with van der Waals surface area (Å²) in [5.74, 6) is -0.451. The van der Waals surface area contributed by atoms with E-state index in [0.29, 0.717) is 11.6 Å². The van der Waals surface area contributed by atoms with Crippen molar-refractivity contribution in [1.82, 2.24) is 4.31 Å². The minimum atomic E-state index is -3.71. The van der Waals surface area contributed by atoms with Crippen molar-refractivity contribution in [1.29, 1.82) is 0 Å². The number of nitrogens with zero attached hydrogens (tertiary/aromatic N) is 1. The van der Waals surface area contributed by atoms with Crippen LogP contribution in [-0.4, -0.2) is 19.3 Å². The van der Waals surface area contributed by atoms with Gasteiger partial charge < -0.3 is 0 Å². The molecule has 24 heavy (non-hydrogen) atoms. The predicted octanol–water partition coefficient (Wildman–Crippen LogP) is 4.79. The molecule has 6 heteroatoms. The van der Waals surface area contributed by atoms with Gasteiger partial charge in [0, 0.05) is 11.6 Å². The van der Waals surface area contributed by atoms with Gasteiger partial charge in [-0.15, -0.1) is 0 Å². The maximum atomic E-state index is 13.2. The molecule has 0 amide bonds. The second-order valence-electron chi connectivity index (χ2n) is 5.96. The molecule has 0 aromatic heterocycles. The minimum Gasteiger partial charge on any atom is -0.207 e. The first-order chi connectivity index (χ1) is 11.5. The third-order valence-electron chi connectivity index (χ3n) is 4.39. The molecule has 0 spiro atoms. The molecular formula is C18H19ClFNO2S. The number of hydrogen-bond donors (Lipinski definition) is 0. The molecule has 0 radical (unpaired) electrons. The summed E-state index contributed by atoms with van der Waals surface area (Å²) in [5, 5.41) is 0.573. The first-order valence-corrected chi connectivity index (χ1v) is 9.84. The zero-order chi connectivity index (χ0) is 17.2. The summed E-state index contributed by atoms with van der Waals surface area (Å²) in [6, 6.07) is 12.1. The van der Waals surface area contributed by atoms with E-state index in [1.807, 2.05) is 18.2 Å². The molecule has 0 N–H and O–H groups in total. The fourth-order valence-electron chi connectivity index (χ4n) is 3.17. The van der Waals surface area contributed by atoms with E-state index in [0.717, 1.165) is 31.2 Å². The number of benzene rings is 2. The lowest BCUT2D eigenvalue weighted by atomic mass is 10.0. The molecule has 2 aromatic rings.